The fraction of sp³-hybridized carbons (Fsp3) is 0.357. The van der Waals surface area contributed by atoms with Gasteiger partial charge in [-0.1, -0.05) is 12.5 Å². The molecule has 0 saturated heterocycles. The molecule has 1 aromatic carbocycles. The third kappa shape index (κ3) is 3.81. The number of rotatable bonds is 3. The Labute approximate surface area is 116 Å². The molecule has 1 aromatic rings. The van der Waals surface area contributed by atoms with Crippen LogP contribution in [0.25, 0.3) is 0 Å². The zero-order valence-corrected chi connectivity index (χ0v) is 11.2. The third-order valence-electron chi connectivity index (χ3n) is 3.15. The summed E-state index contributed by atoms with van der Waals surface area (Å²) in [6.45, 7) is 1.26. The highest BCUT2D eigenvalue weighted by atomic mass is 16.2. The van der Waals surface area contributed by atoms with Gasteiger partial charge in [-0.15, -0.1) is 0 Å². The molecule has 3 N–H and O–H groups in total. The van der Waals surface area contributed by atoms with Crippen LogP contribution >= 0.6 is 0 Å². The van der Waals surface area contributed by atoms with Gasteiger partial charge in [0.25, 0.3) is 0 Å². The van der Waals surface area contributed by atoms with Crippen molar-refractivity contribution in [2.75, 3.05) is 10.6 Å². The summed E-state index contributed by atoms with van der Waals surface area (Å²) in [6.07, 6.45) is 2.97. The predicted octanol–water partition coefficient (Wildman–Crippen LogP) is 2.09. The van der Waals surface area contributed by atoms with Crippen LogP contribution in [0, 0.1) is 5.92 Å². The van der Waals surface area contributed by atoms with Gasteiger partial charge >= 0.3 is 6.03 Å². The summed E-state index contributed by atoms with van der Waals surface area (Å²) in [5.74, 6) is -0.314. The molecule has 0 aromatic heterocycles. The summed E-state index contributed by atoms with van der Waals surface area (Å²) >= 11 is 0. The van der Waals surface area contributed by atoms with E-state index in [1.807, 2.05) is 0 Å². The lowest BCUT2D eigenvalue weighted by atomic mass is 9.85. The molecule has 4 amide bonds. The lowest BCUT2D eigenvalue weighted by Gasteiger charge is -2.24. The topological polar surface area (TPSA) is 87.3 Å². The van der Waals surface area contributed by atoms with Crippen molar-refractivity contribution < 1.29 is 14.4 Å². The van der Waals surface area contributed by atoms with Crippen molar-refractivity contribution in [3.63, 3.8) is 0 Å². The van der Waals surface area contributed by atoms with E-state index in [0.717, 1.165) is 19.3 Å². The van der Waals surface area contributed by atoms with Crippen molar-refractivity contribution in [1.82, 2.24) is 5.32 Å². The maximum absolute atomic E-state index is 11.8. The van der Waals surface area contributed by atoms with E-state index in [4.69, 9.17) is 0 Å². The van der Waals surface area contributed by atoms with E-state index in [1.165, 1.54) is 6.92 Å². The molecule has 6 nitrogen and oxygen atoms in total. The number of hydrogen-bond acceptors (Lipinski definition) is 3. The molecule has 1 aliphatic carbocycles. The minimum atomic E-state index is -0.597. The van der Waals surface area contributed by atoms with Crippen LogP contribution in [0.1, 0.15) is 26.2 Å². The molecule has 106 valence electrons. The van der Waals surface area contributed by atoms with Gasteiger partial charge in [0.15, 0.2) is 0 Å². The molecule has 0 bridgehead atoms. The predicted molar refractivity (Wildman–Crippen MR) is 75.2 cm³/mol. The summed E-state index contributed by atoms with van der Waals surface area (Å²) < 4.78 is 0. The van der Waals surface area contributed by atoms with Crippen LogP contribution in [0.5, 0.6) is 0 Å². The normalized spacial score (nSPS) is 14.1. The molecule has 1 aliphatic rings. The molecule has 0 atom stereocenters. The number of amides is 4. The van der Waals surface area contributed by atoms with Crippen molar-refractivity contribution in [3.8, 4) is 0 Å². The second-order valence-corrected chi connectivity index (χ2v) is 4.83. The smallest absolute Gasteiger partial charge is 0.325 e. The van der Waals surface area contributed by atoms with Crippen LogP contribution in [0.15, 0.2) is 24.3 Å². The van der Waals surface area contributed by atoms with Gasteiger partial charge in [0, 0.05) is 24.2 Å². The van der Waals surface area contributed by atoms with Crippen LogP contribution < -0.4 is 16.0 Å². The van der Waals surface area contributed by atoms with Crippen LogP contribution in [-0.2, 0) is 9.59 Å². The summed E-state index contributed by atoms with van der Waals surface area (Å²) in [6, 6.07) is 6.21. The molecular weight excluding hydrogens is 258 g/mol. The standard InChI is InChI=1S/C14H17N3O3/c1-9(18)15-14(20)17-12-7-3-6-11(8-12)16-13(19)10-4-2-5-10/h3,6-8,10H,2,4-5H2,1H3,(H,16,19)(H2,15,17,18,20). The first-order chi connectivity index (χ1) is 9.54. The van der Waals surface area contributed by atoms with E-state index in [2.05, 4.69) is 16.0 Å². The van der Waals surface area contributed by atoms with Crippen LogP contribution in [0.3, 0.4) is 0 Å². The van der Waals surface area contributed by atoms with Crippen LogP contribution in [0.4, 0.5) is 16.2 Å². The van der Waals surface area contributed by atoms with Gasteiger partial charge in [-0.2, -0.15) is 0 Å². The van der Waals surface area contributed by atoms with Crippen molar-refractivity contribution in [1.29, 1.82) is 0 Å². The molecule has 20 heavy (non-hydrogen) atoms. The van der Waals surface area contributed by atoms with Crippen molar-refractivity contribution in [3.05, 3.63) is 24.3 Å². The van der Waals surface area contributed by atoms with Crippen molar-refractivity contribution in [2.45, 2.75) is 26.2 Å². The molecule has 0 radical (unpaired) electrons. The average molecular weight is 275 g/mol. The molecule has 0 spiro atoms. The first kappa shape index (κ1) is 14.0. The zero-order valence-electron chi connectivity index (χ0n) is 11.2. The summed E-state index contributed by atoms with van der Waals surface area (Å²) in [5, 5.41) is 7.45. The Morgan fingerprint density at radius 1 is 1.10 bits per heavy atom. The first-order valence-corrected chi connectivity index (χ1v) is 6.54. The Morgan fingerprint density at radius 2 is 1.75 bits per heavy atom. The second-order valence-electron chi connectivity index (χ2n) is 4.83. The third-order valence-corrected chi connectivity index (χ3v) is 3.15. The number of hydrogen-bond donors (Lipinski definition) is 3. The van der Waals surface area contributed by atoms with Crippen LogP contribution in [0.2, 0.25) is 0 Å². The number of nitrogens with one attached hydrogen (secondary N) is 3. The molecule has 0 heterocycles. The first-order valence-electron chi connectivity index (χ1n) is 6.54. The van der Waals surface area contributed by atoms with Gasteiger partial charge in [-0.3, -0.25) is 14.9 Å². The molecule has 0 aliphatic heterocycles. The molecule has 0 unspecified atom stereocenters. The Kier molecular flexibility index (Phi) is 4.34. The highest BCUT2D eigenvalue weighted by Gasteiger charge is 2.25. The maximum Gasteiger partial charge on any atom is 0.325 e. The Morgan fingerprint density at radius 3 is 2.30 bits per heavy atom. The van der Waals surface area contributed by atoms with Gasteiger partial charge < -0.3 is 10.6 Å². The fourth-order valence-corrected chi connectivity index (χ4v) is 1.91. The lowest BCUT2D eigenvalue weighted by molar-refractivity contribution is -0.122. The number of carbonyl (C=O) groups excluding carboxylic acids is 3. The van der Waals surface area contributed by atoms with E-state index in [9.17, 15) is 14.4 Å². The number of imide groups is 1. The highest BCUT2D eigenvalue weighted by Crippen LogP contribution is 2.27. The average Bonchev–Trinajstić information content (AvgIpc) is 2.25. The van der Waals surface area contributed by atoms with Gasteiger partial charge in [0.1, 0.15) is 0 Å². The van der Waals surface area contributed by atoms with E-state index in [-0.39, 0.29) is 11.8 Å². The monoisotopic (exact) mass is 275 g/mol. The van der Waals surface area contributed by atoms with Gasteiger partial charge in [-0.25, -0.2) is 4.79 Å². The molecular formula is C14H17N3O3. The summed E-state index contributed by atoms with van der Waals surface area (Å²) in [4.78, 5) is 34.0. The SMILES string of the molecule is CC(=O)NC(=O)Nc1cccc(NC(=O)C2CCC2)c1. The second kappa shape index (κ2) is 6.18. The Bertz CT molecular complexity index is 538. The minimum absolute atomic E-state index is 0.0154. The Balaban J connectivity index is 1.94. The Hall–Kier alpha value is -2.37. The van der Waals surface area contributed by atoms with Crippen molar-refractivity contribution >= 4 is 29.2 Å². The molecule has 6 heteroatoms. The highest BCUT2D eigenvalue weighted by molar-refractivity contribution is 6.01. The van der Waals surface area contributed by atoms with E-state index in [1.54, 1.807) is 24.3 Å². The quantitative estimate of drug-likeness (QED) is 0.789. The number of anilines is 2. The maximum atomic E-state index is 11.8. The van der Waals surface area contributed by atoms with Crippen molar-refractivity contribution in [2.24, 2.45) is 5.92 Å². The number of carbonyl (C=O) groups is 3. The van der Waals surface area contributed by atoms with Gasteiger partial charge in [0.05, 0.1) is 0 Å². The van der Waals surface area contributed by atoms with E-state index < -0.39 is 11.9 Å². The zero-order chi connectivity index (χ0) is 14.5. The van der Waals surface area contributed by atoms with Gasteiger partial charge in [0.2, 0.25) is 11.8 Å². The van der Waals surface area contributed by atoms with E-state index in [0.29, 0.717) is 11.4 Å². The van der Waals surface area contributed by atoms with E-state index >= 15 is 0 Å². The lowest BCUT2D eigenvalue weighted by Crippen LogP contribution is -2.32. The summed E-state index contributed by atoms with van der Waals surface area (Å²) in [7, 11) is 0. The summed E-state index contributed by atoms with van der Waals surface area (Å²) in [5.41, 5.74) is 1.14. The molecule has 1 fully saturated rings. The minimum Gasteiger partial charge on any atom is -0.326 e. The molecule has 2 rings (SSSR count). The fourth-order valence-electron chi connectivity index (χ4n) is 1.91. The largest absolute Gasteiger partial charge is 0.326 e. The molecule has 1 saturated carbocycles. The number of urea groups is 1. The van der Waals surface area contributed by atoms with Gasteiger partial charge in [-0.05, 0) is 31.0 Å². The number of benzene rings is 1. The van der Waals surface area contributed by atoms with Crippen LogP contribution in [-0.4, -0.2) is 17.8 Å².